The van der Waals surface area contributed by atoms with Gasteiger partial charge in [0.1, 0.15) is 0 Å². The SMILES string of the molecule is Ic1c2c(nc3ccccc13)CCCC2. The first kappa shape index (κ1) is 9.58. The highest BCUT2D eigenvalue weighted by Crippen LogP contribution is 2.29. The zero-order chi connectivity index (χ0) is 10.3. The second-order valence-corrected chi connectivity index (χ2v) is 5.15. The van der Waals surface area contributed by atoms with Crippen LogP contribution in [0.2, 0.25) is 0 Å². The first-order chi connectivity index (χ1) is 7.36. The van der Waals surface area contributed by atoms with Crippen LogP contribution >= 0.6 is 22.6 Å². The van der Waals surface area contributed by atoms with Gasteiger partial charge in [0, 0.05) is 14.7 Å². The van der Waals surface area contributed by atoms with Crippen molar-refractivity contribution < 1.29 is 0 Å². The lowest BCUT2D eigenvalue weighted by molar-refractivity contribution is 0.668. The monoisotopic (exact) mass is 309 g/mol. The molecular weight excluding hydrogens is 297 g/mol. The molecule has 76 valence electrons. The molecule has 0 spiro atoms. The minimum atomic E-state index is 1.16. The molecule has 0 N–H and O–H groups in total. The predicted molar refractivity (Wildman–Crippen MR) is 71.1 cm³/mol. The van der Waals surface area contributed by atoms with E-state index in [1.165, 1.54) is 39.5 Å². The summed E-state index contributed by atoms with van der Waals surface area (Å²) < 4.78 is 1.42. The molecule has 0 bridgehead atoms. The van der Waals surface area contributed by atoms with Gasteiger partial charge in [-0.2, -0.15) is 0 Å². The van der Waals surface area contributed by atoms with Crippen molar-refractivity contribution in [3.05, 3.63) is 39.1 Å². The minimum absolute atomic E-state index is 1.16. The van der Waals surface area contributed by atoms with E-state index in [4.69, 9.17) is 4.98 Å². The third-order valence-corrected chi connectivity index (χ3v) is 4.33. The van der Waals surface area contributed by atoms with Crippen LogP contribution in [0.15, 0.2) is 24.3 Å². The summed E-state index contributed by atoms with van der Waals surface area (Å²) >= 11 is 2.48. The van der Waals surface area contributed by atoms with E-state index in [1.54, 1.807) is 0 Å². The molecule has 1 aliphatic rings. The number of rotatable bonds is 0. The summed E-state index contributed by atoms with van der Waals surface area (Å²) in [5, 5.41) is 1.32. The third-order valence-electron chi connectivity index (χ3n) is 3.10. The van der Waals surface area contributed by atoms with E-state index in [-0.39, 0.29) is 0 Å². The number of aromatic nitrogens is 1. The van der Waals surface area contributed by atoms with Crippen molar-refractivity contribution in [1.29, 1.82) is 0 Å². The van der Waals surface area contributed by atoms with Crippen LogP contribution in [0.5, 0.6) is 0 Å². The zero-order valence-electron chi connectivity index (χ0n) is 8.46. The second-order valence-electron chi connectivity index (χ2n) is 4.08. The summed E-state index contributed by atoms with van der Waals surface area (Å²) in [6, 6.07) is 8.47. The van der Waals surface area contributed by atoms with Crippen LogP contribution < -0.4 is 0 Å². The molecular formula is C13H12IN. The number of para-hydroxylation sites is 1. The van der Waals surface area contributed by atoms with Gasteiger partial charge in [-0.15, -0.1) is 0 Å². The second kappa shape index (κ2) is 3.74. The van der Waals surface area contributed by atoms with Crippen molar-refractivity contribution >= 4 is 33.5 Å². The zero-order valence-corrected chi connectivity index (χ0v) is 10.6. The van der Waals surface area contributed by atoms with Crippen molar-refractivity contribution in [2.75, 3.05) is 0 Å². The third kappa shape index (κ3) is 1.55. The quantitative estimate of drug-likeness (QED) is 0.676. The summed E-state index contributed by atoms with van der Waals surface area (Å²) in [6.07, 6.45) is 5.00. The molecule has 0 saturated heterocycles. The molecule has 2 heteroatoms. The van der Waals surface area contributed by atoms with E-state index in [9.17, 15) is 0 Å². The van der Waals surface area contributed by atoms with Gasteiger partial charge in [-0.25, -0.2) is 0 Å². The van der Waals surface area contributed by atoms with Crippen LogP contribution in [0.3, 0.4) is 0 Å². The van der Waals surface area contributed by atoms with Gasteiger partial charge in [-0.05, 0) is 59.9 Å². The van der Waals surface area contributed by atoms with E-state index >= 15 is 0 Å². The van der Waals surface area contributed by atoms with E-state index in [0.717, 1.165) is 11.9 Å². The Morgan fingerprint density at radius 1 is 1.07 bits per heavy atom. The van der Waals surface area contributed by atoms with E-state index in [1.807, 2.05) is 0 Å². The highest BCUT2D eigenvalue weighted by Gasteiger charge is 2.15. The average Bonchev–Trinajstić information content (AvgIpc) is 2.30. The van der Waals surface area contributed by atoms with Gasteiger partial charge in [0.2, 0.25) is 0 Å². The van der Waals surface area contributed by atoms with Gasteiger partial charge in [0.15, 0.2) is 0 Å². The number of hydrogen-bond donors (Lipinski definition) is 0. The number of nitrogens with zero attached hydrogens (tertiary/aromatic N) is 1. The molecule has 0 fully saturated rings. The Bertz CT molecular complexity index is 519. The molecule has 0 aliphatic heterocycles. The first-order valence-corrected chi connectivity index (χ1v) is 6.50. The summed E-state index contributed by atoms with van der Waals surface area (Å²) in [5.74, 6) is 0. The van der Waals surface area contributed by atoms with Crippen LogP contribution in [0.1, 0.15) is 24.1 Å². The molecule has 1 nitrogen and oxygen atoms in total. The average molecular weight is 309 g/mol. The molecule has 1 aromatic carbocycles. The Morgan fingerprint density at radius 3 is 2.80 bits per heavy atom. The maximum absolute atomic E-state index is 4.77. The van der Waals surface area contributed by atoms with Gasteiger partial charge in [0.25, 0.3) is 0 Å². The largest absolute Gasteiger partial charge is 0.252 e. The van der Waals surface area contributed by atoms with Crippen LogP contribution in [-0.2, 0) is 12.8 Å². The van der Waals surface area contributed by atoms with Crippen molar-refractivity contribution in [2.24, 2.45) is 0 Å². The lowest BCUT2D eigenvalue weighted by Crippen LogP contribution is -2.07. The number of aryl methyl sites for hydroxylation is 1. The molecule has 3 rings (SSSR count). The van der Waals surface area contributed by atoms with E-state index < -0.39 is 0 Å². The van der Waals surface area contributed by atoms with Crippen LogP contribution in [0.4, 0.5) is 0 Å². The molecule has 0 saturated carbocycles. The summed E-state index contributed by atoms with van der Waals surface area (Å²) in [6.45, 7) is 0. The fraction of sp³-hybridized carbons (Fsp3) is 0.308. The van der Waals surface area contributed by atoms with Crippen molar-refractivity contribution in [3.63, 3.8) is 0 Å². The highest BCUT2D eigenvalue weighted by molar-refractivity contribution is 14.1. The number of hydrogen-bond acceptors (Lipinski definition) is 1. The Hall–Kier alpha value is -0.640. The summed E-state index contributed by atoms with van der Waals surface area (Å²) in [7, 11) is 0. The number of pyridine rings is 1. The minimum Gasteiger partial charge on any atom is -0.252 e. The lowest BCUT2D eigenvalue weighted by Gasteiger charge is -2.17. The molecule has 1 aliphatic carbocycles. The molecule has 0 unspecified atom stereocenters. The fourth-order valence-corrected chi connectivity index (χ4v) is 3.35. The lowest BCUT2D eigenvalue weighted by atomic mass is 9.95. The number of fused-ring (bicyclic) bond motifs is 2. The molecule has 0 radical (unpaired) electrons. The molecule has 2 aromatic rings. The topological polar surface area (TPSA) is 12.9 Å². The Morgan fingerprint density at radius 2 is 1.87 bits per heavy atom. The summed E-state index contributed by atoms with van der Waals surface area (Å²) in [5.41, 5.74) is 3.99. The maximum atomic E-state index is 4.77. The molecule has 0 atom stereocenters. The van der Waals surface area contributed by atoms with Crippen molar-refractivity contribution in [3.8, 4) is 0 Å². The number of benzene rings is 1. The fourth-order valence-electron chi connectivity index (χ4n) is 2.31. The Labute approximate surface area is 103 Å². The smallest absolute Gasteiger partial charge is 0.0716 e. The van der Waals surface area contributed by atoms with Crippen LogP contribution in [0.25, 0.3) is 10.9 Å². The van der Waals surface area contributed by atoms with Crippen LogP contribution in [0, 0.1) is 3.57 Å². The highest BCUT2D eigenvalue weighted by atomic mass is 127. The Kier molecular flexibility index (Phi) is 2.39. The van der Waals surface area contributed by atoms with E-state index in [0.29, 0.717) is 0 Å². The van der Waals surface area contributed by atoms with Crippen LogP contribution in [-0.4, -0.2) is 4.98 Å². The Balaban J connectivity index is 2.36. The first-order valence-electron chi connectivity index (χ1n) is 5.42. The van der Waals surface area contributed by atoms with Gasteiger partial charge >= 0.3 is 0 Å². The van der Waals surface area contributed by atoms with Gasteiger partial charge in [-0.3, -0.25) is 4.98 Å². The predicted octanol–water partition coefficient (Wildman–Crippen LogP) is 3.72. The van der Waals surface area contributed by atoms with Crippen molar-refractivity contribution in [2.45, 2.75) is 25.7 Å². The van der Waals surface area contributed by atoms with E-state index in [2.05, 4.69) is 46.9 Å². The summed E-state index contributed by atoms with van der Waals surface area (Å²) in [4.78, 5) is 4.77. The van der Waals surface area contributed by atoms with Gasteiger partial charge < -0.3 is 0 Å². The normalized spacial score (nSPS) is 15.3. The molecule has 1 heterocycles. The molecule has 1 aromatic heterocycles. The van der Waals surface area contributed by atoms with Crippen molar-refractivity contribution in [1.82, 2.24) is 4.98 Å². The standard InChI is InChI=1S/C13H12IN/c14-13-9-5-1-3-7-11(9)15-12-8-4-2-6-10(12)13/h1,3,5,7H,2,4,6,8H2. The molecule has 15 heavy (non-hydrogen) atoms. The maximum Gasteiger partial charge on any atom is 0.0716 e. The van der Waals surface area contributed by atoms with Gasteiger partial charge in [0.05, 0.1) is 5.52 Å². The number of halogens is 1. The molecule has 0 amide bonds. The van der Waals surface area contributed by atoms with Gasteiger partial charge in [-0.1, -0.05) is 18.2 Å².